The van der Waals surface area contributed by atoms with Gasteiger partial charge in [-0.1, -0.05) is 99.2 Å². The first-order chi connectivity index (χ1) is 18.8. The van der Waals surface area contributed by atoms with E-state index in [1.54, 1.807) is 6.07 Å². The fourth-order valence-corrected chi connectivity index (χ4v) is 6.17. The number of benzene rings is 3. The lowest BCUT2D eigenvalue weighted by Crippen LogP contribution is -2.05. The predicted molar refractivity (Wildman–Crippen MR) is 153 cm³/mol. The Morgan fingerprint density at radius 3 is 1.42 bits per heavy atom. The average Bonchev–Trinajstić information content (AvgIpc) is 3.02. The summed E-state index contributed by atoms with van der Waals surface area (Å²) < 4.78 is 0. The molecule has 1 aromatic heterocycles. The molecule has 38 heavy (non-hydrogen) atoms. The average molecular weight is 499 g/mol. The van der Waals surface area contributed by atoms with Crippen molar-refractivity contribution >= 4 is 0 Å². The lowest BCUT2D eigenvalue weighted by molar-refractivity contribution is 0.443. The Labute approximate surface area is 225 Å². The summed E-state index contributed by atoms with van der Waals surface area (Å²) in [5, 5.41) is 9.44. The van der Waals surface area contributed by atoms with Crippen molar-refractivity contribution < 1.29 is 0 Å². The molecule has 0 amide bonds. The molecule has 0 N–H and O–H groups in total. The van der Waals surface area contributed by atoms with E-state index in [1.165, 1.54) is 75.3 Å². The molecule has 1 heterocycles. The highest BCUT2D eigenvalue weighted by Crippen LogP contribution is 2.35. The monoisotopic (exact) mass is 498 g/mol. The van der Waals surface area contributed by atoms with Crippen LogP contribution < -0.4 is 0 Å². The summed E-state index contributed by atoms with van der Waals surface area (Å²) in [6.45, 7) is 0. The number of aromatic nitrogens is 3. The van der Waals surface area contributed by atoms with Crippen LogP contribution >= 0.6 is 0 Å². The molecule has 2 saturated carbocycles. The zero-order chi connectivity index (χ0) is 25.7. The molecule has 0 aliphatic heterocycles. The van der Waals surface area contributed by atoms with Crippen molar-refractivity contribution in [3.8, 4) is 40.2 Å². The third kappa shape index (κ3) is 5.38. The van der Waals surface area contributed by atoms with Crippen LogP contribution in [0.1, 0.15) is 92.7 Å². The quantitative estimate of drug-likeness (QED) is 0.276. The standard InChI is InChI=1S/C34H34N4/c35-23-24-8-7-13-31(22-24)34-37-32(29-18-14-27(15-19-29)25-9-3-1-4-10-25)36-33(38-34)30-20-16-28(17-21-30)26-11-5-2-6-12-26/h7-8,13-22,25-26H,1-6,9-12H2. The molecule has 2 fully saturated rings. The second-order valence-corrected chi connectivity index (χ2v) is 10.9. The van der Waals surface area contributed by atoms with Crippen molar-refractivity contribution in [3.05, 3.63) is 89.5 Å². The van der Waals surface area contributed by atoms with Crippen LogP contribution in [-0.2, 0) is 0 Å². The van der Waals surface area contributed by atoms with Gasteiger partial charge in [0.25, 0.3) is 0 Å². The van der Waals surface area contributed by atoms with Gasteiger partial charge in [-0.25, -0.2) is 15.0 Å². The van der Waals surface area contributed by atoms with Crippen LogP contribution in [0.25, 0.3) is 34.2 Å². The van der Waals surface area contributed by atoms with Gasteiger partial charge in [-0.05, 0) is 60.8 Å². The zero-order valence-electron chi connectivity index (χ0n) is 21.9. The maximum atomic E-state index is 9.44. The van der Waals surface area contributed by atoms with Gasteiger partial charge in [0.05, 0.1) is 11.6 Å². The molecule has 2 aliphatic carbocycles. The number of hydrogen-bond acceptors (Lipinski definition) is 4. The first kappa shape index (κ1) is 24.5. The maximum Gasteiger partial charge on any atom is 0.164 e. The van der Waals surface area contributed by atoms with E-state index in [1.807, 2.05) is 18.2 Å². The van der Waals surface area contributed by atoms with Crippen molar-refractivity contribution in [3.63, 3.8) is 0 Å². The maximum absolute atomic E-state index is 9.44. The van der Waals surface area contributed by atoms with E-state index in [9.17, 15) is 5.26 Å². The third-order valence-electron chi connectivity index (χ3n) is 8.38. The molecular weight excluding hydrogens is 464 g/mol. The van der Waals surface area contributed by atoms with E-state index < -0.39 is 0 Å². The van der Waals surface area contributed by atoms with Gasteiger partial charge in [0.1, 0.15) is 0 Å². The number of rotatable bonds is 5. The first-order valence-electron chi connectivity index (χ1n) is 14.2. The van der Waals surface area contributed by atoms with Gasteiger partial charge < -0.3 is 0 Å². The zero-order valence-corrected chi connectivity index (χ0v) is 21.9. The molecule has 0 radical (unpaired) electrons. The van der Waals surface area contributed by atoms with E-state index in [2.05, 4.69) is 54.6 Å². The van der Waals surface area contributed by atoms with Gasteiger partial charge >= 0.3 is 0 Å². The predicted octanol–water partition coefficient (Wildman–Crippen LogP) is 8.84. The third-order valence-corrected chi connectivity index (χ3v) is 8.38. The molecule has 4 heteroatoms. The van der Waals surface area contributed by atoms with Crippen LogP contribution in [0.3, 0.4) is 0 Å². The molecule has 190 valence electrons. The molecule has 4 nitrogen and oxygen atoms in total. The van der Waals surface area contributed by atoms with Crippen LogP contribution in [0, 0.1) is 11.3 Å². The molecular formula is C34H34N4. The number of nitriles is 1. The fraction of sp³-hybridized carbons (Fsp3) is 0.353. The fourth-order valence-electron chi connectivity index (χ4n) is 6.17. The SMILES string of the molecule is N#Cc1cccc(-c2nc(-c3ccc(C4CCCCC4)cc3)nc(-c3ccc(C4CCCCC4)cc3)n2)c1. The Bertz CT molecular complexity index is 1340. The highest BCUT2D eigenvalue weighted by Gasteiger charge is 2.18. The van der Waals surface area contributed by atoms with Gasteiger partial charge in [0.15, 0.2) is 17.5 Å². The van der Waals surface area contributed by atoms with Crippen molar-refractivity contribution in [1.82, 2.24) is 15.0 Å². The lowest BCUT2D eigenvalue weighted by atomic mass is 9.84. The first-order valence-corrected chi connectivity index (χ1v) is 14.2. The normalized spacial score (nSPS) is 16.7. The van der Waals surface area contributed by atoms with Crippen molar-refractivity contribution in [2.45, 2.75) is 76.0 Å². The highest BCUT2D eigenvalue weighted by molar-refractivity contribution is 5.67. The minimum Gasteiger partial charge on any atom is -0.208 e. The molecule has 0 unspecified atom stereocenters. The minimum atomic E-state index is 0.592. The molecule has 0 spiro atoms. The Kier molecular flexibility index (Phi) is 7.27. The van der Waals surface area contributed by atoms with E-state index in [4.69, 9.17) is 15.0 Å². The van der Waals surface area contributed by atoms with Crippen LogP contribution in [0.4, 0.5) is 0 Å². The lowest BCUT2D eigenvalue weighted by Gasteiger charge is -2.22. The Morgan fingerprint density at radius 2 is 0.974 bits per heavy atom. The van der Waals surface area contributed by atoms with E-state index in [0.717, 1.165) is 16.7 Å². The van der Waals surface area contributed by atoms with E-state index >= 15 is 0 Å². The van der Waals surface area contributed by atoms with E-state index in [0.29, 0.717) is 34.9 Å². The molecule has 3 aromatic carbocycles. The van der Waals surface area contributed by atoms with Gasteiger partial charge in [0, 0.05) is 16.7 Å². The molecule has 4 aromatic rings. The van der Waals surface area contributed by atoms with Gasteiger partial charge in [-0.3, -0.25) is 0 Å². The topological polar surface area (TPSA) is 62.5 Å². The number of nitrogens with zero attached hydrogens (tertiary/aromatic N) is 4. The molecule has 6 rings (SSSR count). The summed E-state index contributed by atoms with van der Waals surface area (Å²) in [5.74, 6) is 3.25. The van der Waals surface area contributed by atoms with Crippen molar-refractivity contribution in [1.29, 1.82) is 5.26 Å². The number of hydrogen-bond donors (Lipinski definition) is 0. The summed E-state index contributed by atoms with van der Waals surface area (Å²) in [5.41, 5.74) is 6.24. The second-order valence-electron chi connectivity index (χ2n) is 10.9. The van der Waals surface area contributed by atoms with Crippen LogP contribution in [0.5, 0.6) is 0 Å². The molecule has 0 saturated heterocycles. The molecule has 2 aliphatic rings. The van der Waals surface area contributed by atoms with Crippen LogP contribution in [-0.4, -0.2) is 15.0 Å². The summed E-state index contributed by atoms with van der Waals surface area (Å²) >= 11 is 0. The smallest absolute Gasteiger partial charge is 0.164 e. The van der Waals surface area contributed by atoms with Crippen LogP contribution in [0.15, 0.2) is 72.8 Å². The highest BCUT2D eigenvalue weighted by atomic mass is 15.0. The Hall–Kier alpha value is -3.84. The van der Waals surface area contributed by atoms with Gasteiger partial charge in [0.2, 0.25) is 0 Å². The summed E-state index contributed by atoms with van der Waals surface area (Å²) in [4.78, 5) is 14.7. The summed E-state index contributed by atoms with van der Waals surface area (Å²) in [6.07, 6.45) is 13.2. The largest absolute Gasteiger partial charge is 0.208 e. The molecule has 0 atom stereocenters. The Balaban J connectivity index is 1.37. The van der Waals surface area contributed by atoms with E-state index in [-0.39, 0.29) is 0 Å². The van der Waals surface area contributed by atoms with Crippen molar-refractivity contribution in [2.24, 2.45) is 0 Å². The van der Waals surface area contributed by atoms with Crippen LogP contribution in [0.2, 0.25) is 0 Å². The summed E-state index contributed by atoms with van der Waals surface area (Å²) in [7, 11) is 0. The Morgan fingerprint density at radius 1 is 0.526 bits per heavy atom. The van der Waals surface area contributed by atoms with Gasteiger partial charge in [-0.15, -0.1) is 0 Å². The second kappa shape index (κ2) is 11.3. The van der Waals surface area contributed by atoms with Gasteiger partial charge in [-0.2, -0.15) is 5.26 Å². The summed E-state index contributed by atoms with van der Waals surface area (Å²) in [6, 6.07) is 27.4. The van der Waals surface area contributed by atoms with Crippen molar-refractivity contribution in [2.75, 3.05) is 0 Å². The minimum absolute atomic E-state index is 0.592. The molecule has 0 bridgehead atoms.